The zero-order chi connectivity index (χ0) is 12.8. The molecule has 0 bridgehead atoms. The minimum atomic E-state index is -0.0270. The van der Waals surface area contributed by atoms with Gasteiger partial charge in [0.15, 0.2) is 5.17 Å². The number of nitrogens with zero attached hydrogens (tertiary/aromatic N) is 2. The minimum Gasteiger partial charge on any atom is -0.299 e. The Hall–Kier alpha value is -1.40. The lowest BCUT2D eigenvalue weighted by atomic mass is 10.3. The fourth-order valence-corrected chi connectivity index (χ4v) is 1.77. The number of carbonyl (C=O) groups is 1. The van der Waals surface area contributed by atoms with Crippen molar-refractivity contribution in [3.8, 4) is 0 Å². The Morgan fingerprint density at radius 3 is 2.53 bits per heavy atom. The summed E-state index contributed by atoms with van der Waals surface area (Å²) in [6.45, 7) is 1.45. The molecule has 1 aromatic carbocycles. The Morgan fingerprint density at radius 1 is 1.47 bits per heavy atom. The van der Waals surface area contributed by atoms with E-state index in [0.29, 0.717) is 10.7 Å². The van der Waals surface area contributed by atoms with Gasteiger partial charge in [-0.25, -0.2) is 0 Å². The van der Waals surface area contributed by atoms with Crippen molar-refractivity contribution in [1.29, 1.82) is 10.9 Å². The monoisotopic (exact) mass is 270 g/mol. The first kappa shape index (κ1) is 13.7. The van der Waals surface area contributed by atoms with Crippen LogP contribution >= 0.6 is 23.4 Å². The summed E-state index contributed by atoms with van der Waals surface area (Å²) in [7, 11) is 0. The van der Waals surface area contributed by atoms with Gasteiger partial charge >= 0.3 is 0 Å². The molecule has 0 aliphatic rings. The molecule has 5 nitrogen and oxygen atoms in total. The Labute approximate surface area is 108 Å². The normalized spacial score (nSPS) is 9.76. The summed E-state index contributed by atoms with van der Waals surface area (Å²) in [6, 6.07) is 6.61. The molecule has 1 aromatic rings. The number of thioether (sulfide) groups is 1. The molecule has 0 fully saturated rings. The van der Waals surface area contributed by atoms with Crippen LogP contribution in [0.3, 0.4) is 0 Å². The molecule has 0 saturated heterocycles. The van der Waals surface area contributed by atoms with Gasteiger partial charge in [-0.15, -0.1) is 0 Å². The molecule has 0 atom stereocenters. The smallest absolute Gasteiger partial charge is 0.183 e. The summed E-state index contributed by atoms with van der Waals surface area (Å²) < 4.78 is 0. The topological polar surface area (TPSA) is 80.4 Å². The highest BCUT2D eigenvalue weighted by Crippen LogP contribution is 2.21. The second-order valence-corrected chi connectivity index (χ2v) is 4.58. The number of halogens is 1. The van der Waals surface area contributed by atoms with E-state index in [4.69, 9.17) is 22.5 Å². The zero-order valence-corrected chi connectivity index (χ0v) is 10.7. The molecule has 0 spiro atoms. The molecule has 0 aliphatic heterocycles. The van der Waals surface area contributed by atoms with Crippen LogP contribution in [-0.2, 0) is 4.79 Å². The summed E-state index contributed by atoms with van der Waals surface area (Å²) in [5.74, 6) is 0.166. The van der Waals surface area contributed by atoms with Gasteiger partial charge in [0.05, 0.1) is 11.4 Å². The molecular weight excluding hydrogens is 260 g/mol. The van der Waals surface area contributed by atoms with Crippen molar-refractivity contribution in [3.05, 3.63) is 29.3 Å². The van der Waals surface area contributed by atoms with Crippen molar-refractivity contribution in [2.45, 2.75) is 6.92 Å². The average Bonchev–Trinajstić information content (AvgIpc) is 2.30. The second kappa shape index (κ2) is 6.36. The van der Waals surface area contributed by atoms with Crippen LogP contribution < -0.4 is 5.01 Å². The molecule has 90 valence electrons. The van der Waals surface area contributed by atoms with Crippen molar-refractivity contribution in [2.75, 3.05) is 10.8 Å². The standard InChI is InChI=1S/C10H11ClN4OS/c1-7(16)6-17-10(12)15(14-13)9-4-2-8(11)3-5-9/h2-5,12-13H,6H2,1H3. The SMILES string of the molecule is CC(=O)CSC(=N)N(N=N)c1ccc(Cl)cc1. The number of amidine groups is 1. The number of rotatable bonds is 4. The fourth-order valence-electron chi connectivity index (χ4n) is 1.03. The van der Waals surface area contributed by atoms with Crippen LogP contribution in [0.4, 0.5) is 5.69 Å². The number of Topliss-reactive ketones (excluding diaryl/α,β-unsaturated/α-hetero) is 1. The predicted molar refractivity (Wildman–Crippen MR) is 69.9 cm³/mol. The van der Waals surface area contributed by atoms with Crippen molar-refractivity contribution in [2.24, 2.45) is 5.22 Å². The number of benzene rings is 1. The highest BCUT2D eigenvalue weighted by atomic mass is 35.5. The third kappa shape index (κ3) is 4.16. The molecular formula is C10H11ClN4OS. The van der Waals surface area contributed by atoms with E-state index in [9.17, 15) is 4.79 Å². The summed E-state index contributed by atoms with van der Waals surface area (Å²) in [6.07, 6.45) is 0. The Balaban J connectivity index is 2.77. The first-order valence-corrected chi connectivity index (χ1v) is 6.05. The van der Waals surface area contributed by atoms with Gasteiger partial charge < -0.3 is 0 Å². The van der Waals surface area contributed by atoms with E-state index < -0.39 is 0 Å². The van der Waals surface area contributed by atoms with Crippen molar-refractivity contribution in [3.63, 3.8) is 0 Å². The summed E-state index contributed by atoms with van der Waals surface area (Å²) >= 11 is 6.77. The molecule has 0 heterocycles. The summed E-state index contributed by atoms with van der Waals surface area (Å²) in [5, 5.41) is 12.7. The summed E-state index contributed by atoms with van der Waals surface area (Å²) in [5.41, 5.74) is 7.61. The fraction of sp³-hybridized carbons (Fsp3) is 0.200. The maximum Gasteiger partial charge on any atom is 0.183 e. The Morgan fingerprint density at radius 2 is 2.06 bits per heavy atom. The van der Waals surface area contributed by atoms with Crippen LogP contribution in [0.2, 0.25) is 5.02 Å². The number of anilines is 1. The first-order chi connectivity index (χ1) is 8.04. The third-order valence-electron chi connectivity index (χ3n) is 1.78. The van der Waals surface area contributed by atoms with E-state index in [1.165, 1.54) is 6.92 Å². The molecule has 17 heavy (non-hydrogen) atoms. The van der Waals surface area contributed by atoms with Gasteiger partial charge in [0, 0.05) is 5.02 Å². The third-order valence-corrected chi connectivity index (χ3v) is 3.02. The lowest BCUT2D eigenvalue weighted by Crippen LogP contribution is -2.21. The van der Waals surface area contributed by atoms with E-state index in [1.54, 1.807) is 24.3 Å². The number of hydrogen-bond donors (Lipinski definition) is 2. The van der Waals surface area contributed by atoms with Crippen LogP contribution in [0.1, 0.15) is 6.92 Å². The lowest BCUT2D eigenvalue weighted by Gasteiger charge is -2.16. The second-order valence-electron chi connectivity index (χ2n) is 3.18. The maximum atomic E-state index is 10.8. The van der Waals surface area contributed by atoms with Crippen molar-refractivity contribution >= 4 is 40.0 Å². The summed E-state index contributed by atoms with van der Waals surface area (Å²) in [4.78, 5) is 10.8. The van der Waals surface area contributed by atoms with E-state index in [0.717, 1.165) is 16.8 Å². The van der Waals surface area contributed by atoms with Crippen LogP contribution in [-0.4, -0.2) is 16.7 Å². The molecule has 0 saturated carbocycles. The molecule has 0 amide bonds. The van der Waals surface area contributed by atoms with Crippen molar-refractivity contribution in [1.82, 2.24) is 0 Å². The molecule has 0 radical (unpaired) electrons. The zero-order valence-electron chi connectivity index (χ0n) is 9.11. The molecule has 1 rings (SSSR count). The largest absolute Gasteiger partial charge is 0.299 e. The van der Waals surface area contributed by atoms with Gasteiger partial charge in [0.2, 0.25) is 0 Å². The van der Waals surface area contributed by atoms with Gasteiger partial charge in [-0.1, -0.05) is 28.6 Å². The predicted octanol–water partition coefficient (Wildman–Crippen LogP) is 3.35. The van der Waals surface area contributed by atoms with Gasteiger partial charge in [0.1, 0.15) is 5.78 Å². The van der Waals surface area contributed by atoms with Crippen LogP contribution in [0, 0.1) is 10.9 Å². The lowest BCUT2D eigenvalue weighted by molar-refractivity contribution is -0.114. The Bertz CT molecular complexity index is 434. The van der Waals surface area contributed by atoms with Gasteiger partial charge in [-0.3, -0.25) is 10.2 Å². The minimum absolute atomic E-state index is 0.0255. The number of carbonyl (C=O) groups excluding carboxylic acids is 1. The van der Waals surface area contributed by atoms with E-state index in [-0.39, 0.29) is 16.7 Å². The Kier molecular flexibility index (Phi) is 5.11. The molecule has 0 aromatic heterocycles. The molecule has 0 aliphatic carbocycles. The van der Waals surface area contributed by atoms with Gasteiger partial charge in [0.25, 0.3) is 0 Å². The van der Waals surface area contributed by atoms with E-state index in [2.05, 4.69) is 5.22 Å². The highest BCUT2D eigenvalue weighted by Gasteiger charge is 2.12. The van der Waals surface area contributed by atoms with Gasteiger partial charge in [-0.05, 0) is 31.2 Å². The van der Waals surface area contributed by atoms with E-state index >= 15 is 0 Å². The van der Waals surface area contributed by atoms with E-state index in [1.807, 2.05) is 0 Å². The van der Waals surface area contributed by atoms with Crippen LogP contribution in [0.5, 0.6) is 0 Å². The first-order valence-electron chi connectivity index (χ1n) is 4.68. The van der Waals surface area contributed by atoms with Gasteiger partial charge in [-0.2, -0.15) is 10.5 Å². The number of hydrogen-bond acceptors (Lipinski definition) is 5. The highest BCUT2D eigenvalue weighted by molar-refractivity contribution is 8.14. The quantitative estimate of drug-likeness (QED) is 0.381. The van der Waals surface area contributed by atoms with Crippen molar-refractivity contribution < 1.29 is 4.79 Å². The molecule has 7 heteroatoms. The molecule has 0 unspecified atom stereocenters. The van der Waals surface area contributed by atoms with Crippen LogP contribution in [0.25, 0.3) is 0 Å². The number of nitrogens with one attached hydrogen (secondary N) is 2. The molecule has 2 N–H and O–H groups in total. The maximum absolute atomic E-state index is 10.8. The number of ketones is 1. The average molecular weight is 271 g/mol. The van der Waals surface area contributed by atoms with Crippen LogP contribution in [0.15, 0.2) is 29.5 Å².